The third kappa shape index (κ3) is 5.62. The second-order valence-electron chi connectivity index (χ2n) is 6.61. The minimum atomic E-state index is -4.07. The van der Waals surface area contributed by atoms with Gasteiger partial charge in [0.2, 0.25) is 0 Å². The average Bonchev–Trinajstić information content (AvgIpc) is 2.78. The minimum absolute atomic E-state index is 0.120. The van der Waals surface area contributed by atoms with Gasteiger partial charge < -0.3 is 19.5 Å². The van der Waals surface area contributed by atoms with E-state index in [4.69, 9.17) is 37.4 Å². The van der Waals surface area contributed by atoms with Crippen molar-refractivity contribution in [1.82, 2.24) is 0 Å². The van der Waals surface area contributed by atoms with Crippen LogP contribution in [0.5, 0.6) is 17.2 Å². The van der Waals surface area contributed by atoms with E-state index in [0.29, 0.717) is 16.5 Å². The number of anilines is 2. The molecule has 0 heterocycles. The van der Waals surface area contributed by atoms with Crippen LogP contribution in [0.3, 0.4) is 0 Å². The Kier molecular flexibility index (Phi) is 7.57. The average molecular weight is 511 g/mol. The number of nitrogens with one attached hydrogen (secondary N) is 2. The van der Waals surface area contributed by atoms with Crippen LogP contribution in [0.15, 0.2) is 59.5 Å². The molecule has 0 aliphatic carbocycles. The molecule has 174 valence electrons. The Morgan fingerprint density at radius 1 is 0.818 bits per heavy atom. The summed E-state index contributed by atoms with van der Waals surface area (Å²) in [5, 5.41) is 3.15. The van der Waals surface area contributed by atoms with Gasteiger partial charge in [-0.2, -0.15) is 0 Å². The topological polar surface area (TPSA) is 103 Å². The lowest BCUT2D eigenvalue weighted by Crippen LogP contribution is -2.16. The monoisotopic (exact) mass is 510 g/mol. The Bertz CT molecular complexity index is 1300. The molecular weight excluding hydrogens is 491 g/mol. The third-order valence-corrected chi connectivity index (χ3v) is 6.47. The van der Waals surface area contributed by atoms with Gasteiger partial charge in [0.15, 0.2) is 0 Å². The number of benzene rings is 3. The van der Waals surface area contributed by atoms with Gasteiger partial charge in [-0.05, 0) is 48.5 Å². The summed E-state index contributed by atoms with van der Waals surface area (Å²) in [5.41, 5.74) is 0.482. The van der Waals surface area contributed by atoms with Crippen molar-refractivity contribution in [2.45, 2.75) is 4.90 Å². The number of methoxy groups -OCH3 is 3. The maximum Gasteiger partial charge on any atom is 0.262 e. The molecule has 0 saturated heterocycles. The Labute approximate surface area is 201 Å². The highest BCUT2D eigenvalue weighted by Crippen LogP contribution is 2.33. The lowest BCUT2D eigenvalue weighted by Gasteiger charge is -2.15. The highest BCUT2D eigenvalue weighted by Gasteiger charge is 2.21. The lowest BCUT2D eigenvalue weighted by atomic mass is 10.2. The van der Waals surface area contributed by atoms with Gasteiger partial charge >= 0.3 is 0 Å². The number of carbonyl (C=O) groups excluding carboxylic acids is 1. The first-order valence-corrected chi connectivity index (χ1v) is 11.6. The maximum atomic E-state index is 13.1. The molecule has 0 aliphatic rings. The van der Waals surface area contributed by atoms with Crippen molar-refractivity contribution in [1.29, 1.82) is 0 Å². The van der Waals surface area contributed by atoms with Crippen molar-refractivity contribution in [3.05, 3.63) is 70.2 Å². The van der Waals surface area contributed by atoms with Crippen LogP contribution < -0.4 is 24.2 Å². The molecule has 8 nitrogen and oxygen atoms in total. The zero-order chi connectivity index (χ0) is 24.2. The van der Waals surface area contributed by atoms with Crippen molar-refractivity contribution in [2.24, 2.45) is 0 Å². The minimum Gasteiger partial charge on any atom is -0.497 e. The molecule has 0 unspecified atom stereocenters. The van der Waals surface area contributed by atoms with Crippen molar-refractivity contribution in [3.8, 4) is 17.2 Å². The molecule has 1 amide bonds. The summed E-state index contributed by atoms with van der Waals surface area (Å²) in [6.45, 7) is 0. The van der Waals surface area contributed by atoms with Crippen LogP contribution in [0, 0.1) is 0 Å². The molecule has 0 radical (unpaired) electrons. The van der Waals surface area contributed by atoms with E-state index in [-0.39, 0.29) is 32.6 Å². The van der Waals surface area contributed by atoms with E-state index in [1.807, 2.05) is 0 Å². The fourth-order valence-electron chi connectivity index (χ4n) is 2.91. The zero-order valence-electron chi connectivity index (χ0n) is 17.8. The first-order valence-electron chi connectivity index (χ1n) is 9.37. The number of amides is 1. The second-order valence-corrected chi connectivity index (χ2v) is 9.14. The van der Waals surface area contributed by atoms with Crippen LogP contribution in [-0.2, 0) is 10.0 Å². The van der Waals surface area contributed by atoms with E-state index in [0.717, 1.165) is 0 Å². The Morgan fingerprint density at radius 2 is 1.48 bits per heavy atom. The van der Waals surface area contributed by atoms with E-state index in [1.54, 1.807) is 12.1 Å². The van der Waals surface area contributed by atoms with E-state index < -0.39 is 15.9 Å². The van der Waals surface area contributed by atoms with Crippen molar-refractivity contribution in [2.75, 3.05) is 31.4 Å². The number of halogens is 2. The molecule has 0 aliphatic heterocycles. The number of ether oxygens (including phenoxy) is 3. The third-order valence-electron chi connectivity index (χ3n) is 4.56. The number of sulfonamides is 1. The predicted molar refractivity (Wildman–Crippen MR) is 128 cm³/mol. The first kappa shape index (κ1) is 24.5. The van der Waals surface area contributed by atoms with E-state index in [9.17, 15) is 13.2 Å². The summed E-state index contributed by atoms with van der Waals surface area (Å²) in [6.07, 6.45) is 0. The normalized spacial score (nSPS) is 10.9. The van der Waals surface area contributed by atoms with Gasteiger partial charge in [0.05, 0.1) is 48.2 Å². The molecule has 0 atom stereocenters. The summed E-state index contributed by atoms with van der Waals surface area (Å²) in [6, 6.07) is 13.2. The van der Waals surface area contributed by atoms with Crippen LogP contribution >= 0.6 is 23.2 Å². The molecule has 3 aromatic carbocycles. The van der Waals surface area contributed by atoms with Crippen molar-refractivity contribution < 1.29 is 27.4 Å². The Hall–Kier alpha value is -3.14. The van der Waals surface area contributed by atoms with Gasteiger partial charge in [-0.15, -0.1) is 0 Å². The Balaban J connectivity index is 1.95. The molecule has 3 aromatic rings. The van der Waals surface area contributed by atoms with Crippen LogP contribution in [0.4, 0.5) is 11.4 Å². The highest BCUT2D eigenvalue weighted by atomic mass is 35.5. The summed E-state index contributed by atoms with van der Waals surface area (Å²) < 4.78 is 44.3. The quantitative estimate of drug-likeness (QED) is 0.438. The summed E-state index contributed by atoms with van der Waals surface area (Å²) >= 11 is 12.0. The molecular formula is C22H20Cl2N2O6S. The smallest absolute Gasteiger partial charge is 0.262 e. The summed E-state index contributed by atoms with van der Waals surface area (Å²) in [5.74, 6) is 0.438. The number of carbonyl (C=O) groups is 1. The van der Waals surface area contributed by atoms with Crippen LogP contribution in [0.25, 0.3) is 0 Å². The van der Waals surface area contributed by atoms with Gasteiger partial charge in [0.1, 0.15) is 17.2 Å². The molecule has 33 heavy (non-hydrogen) atoms. The molecule has 0 saturated carbocycles. The second kappa shape index (κ2) is 10.2. The van der Waals surface area contributed by atoms with Crippen LogP contribution in [0.2, 0.25) is 10.0 Å². The molecule has 2 N–H and O–H groups in total. The largest absolute Gasteiger partial charge is 0.497 e. The Morgan fingerprint density at radius 3 is 2.12 bits per heavy atom. The molecule has 0 aromatic heterocycles. The summed E-state index contributed by atoms with van der Waals surface area (Å²) in [7, 11) is 0.211. The van der Waals surface area contributed by atoms with Gasteiger partial charge in [-0.1, -0.05) is 23.2 Å². The number of rotatable bonds is 8. The molecule has 0 bridgehead atoms. The standard InChI is InChI=1S/C22H20Cl2N2O6S/c1-30-14-5-8-21(32-3)19(11-14)26-33(28,29)15-6-9-20(31-2)18(12-15)25-22(27)16-7-4-13(23)10-17(16)24/h4-12,26H,1-3H3,(H,25,27). The van der Waals surface area contributed by atoms with Crippen molar-refractivity contribution >= 4 is 50.5 Å². The molecule has 0 spiro atoms. The number of hydrogen-bond acceptors (Lipinski definition) is 6. The van der Waals surface area contributed by atoms with E-state index >= 15 is 0 Å². The lowest BCUT2D eigenvalue weighted by molar-refractivity contribution is 0.102. The fraction of sp³-hybridized carbons (Fsp3) is 0.136. The van der Waals surface area contributed by atoms with Gasteiger partial charge in [0, 0.05) is 11.1 Å². The van der Waals surface area contributed by atoms with Gasteiger partial charge in [-0.3, -0.25) is 9.52 Å². The van der Waals surface area contributed by atoms with Gasteiger partial charge in [0.25, 0.3) is 15.9 Å². The maximum absolute atomic E-state index is 13.1. The van der Waals surface area contributed by atoms with E-state index in [1.165, 1.54) is 63.8 Å². The van der Waals surface area contributed by atoms with Crippen molar-refractivity contribution in [3.63, 3.8) is 0 Å². The molecule has 0 fully saturated rings. The fourth-order valence-corrected chi connectivity index (χ4v) is 4.49. The SMILES string of the molecule is COc1ccc(OC)c(NS(=O)(=O)c2ccc(OC)c(NC(=O)c3ccc(Cl)cc3Cl)c2)c1. The van der Waals surface area contributed by atoms with Gasteiger partial charge in [-0.25, -0.2) is 8.42 Å². The zero-order valence-corrected chi connectivity index (χ0v) is 20.1. The van der Waals surface area contributed by atoms with Crippen LogP contribution in [-0.4, -0.2) is 35.7 Å². The predicted octanol–water partition coefficient (Wildman–Crippen LogP) is 5.07. The van der Waals surface area contributed by atoms with Crippen LogP contribution in [0.1, 0.15) is 10.4 Å². The molecule has 3 rings (SSSR count). The van der Waals surface area contributed by atoms with E-state index in [2.05, 4.69) is 10.0 Å². The highest BCUT2D eigenvalue weighted by molar-refractivity contribution is 7.92. The molecule has 11 heteroatoms. The first-order chi connectivity index (χ1) is 15.7. The summed E-state index contributed by atoms with van der Waals surface area (Å²) in [4.78, 5) is 12.6. The number of hydrogen-bond donors (Lipinski definition) is 2.